The molecule has 3 rings (SSSR count). The van der Waals surface area contributed by atoms with Gasteiger partial charge in [-0.3, -0.25) is 9.69 Å². The summed E-state index contributed by atoms with van der Waals surface area (Å²) in [4.78, 5) is 32.8. The quantitative estimate of drug-likeness (QED) is 0.544. The van der Waals surface area contributed by atoms with Crippen molar-refractivity contribution >= 4 is 11.9 Å². The van der Waals surface area contributed by atoms with Gasteiger partial charge in [0.15, 0.2) is 0 Å². The number of unbranched alkanes of at least 4 members (excludes halogenated alkanes) is 1. The third-order valence-electron chi connectivity index (χ3n) is 6.27. The van der Waals surface area contributed by atoms with Crippen LogP contribution in [-0.4, -0.2) is 75.8 Å². The van der Waals surface area contributed by atoms with E-state index in [0.717, 1.165) is 18.4 Å². The molecule has 0 saturated carbocycles. The van der Waals surface area contributed by atoms with Crippen LogP contribution in [0.4, 0.5) is 0 Å². The first-order valence-electron chi connectivity index (χ1n) is 12.3. The van der Waals surface area contributed by atoms with Crippen LogP contribution in [0, 0.1) is 17.8 Å². The van der Waals surface area contributed by atoms with Crippen molar-refractivity contribution in [3.63, 3.8) is 0 Å². The summed E-state index contributed by atoms with van der Waals surface area (Å²) in [5.41, 5.74) is 2.24. The molecule has 0 radical (unpaired) electrons. The topological polar surface area (TPSA) is 103 Å². The summed E-state index contributed by atoms with van der Waals surface area (Å²) < 4.78 is 6.33. The Morgan fingerprint density at radius 3 is 2.69 bits per heavy atom. The van der Waals surface area contributed by atoms with Crippen molar-refractivity contribution < 1.29 is 24.5 Å². The molecule has 192 valence electrons. The van der Waals surface area contributed by atoms with Crippen LogP contribution in [0.3, 0.4) is 0 Å². The average molecular weight is 494 g/mol. The zero-order valence-electron chi connectivity index (χ0n) is 21.4. The SMILES string of the molecule is CCCC#Cc1cnc2c(c1)C(=O)N([C@H](C)CO)C[C@@H](C)[C@@H](CN(C)Cc1ccc(C(=O)O)cc1)O2. The molecule has 0 bridgehead atoms. The van der Waals surface area contributed by atoms with Crippen molar-refractivity contribution in [2.24, 2.45) is 5.92 Å². The number of likely N-dealkylation sites (N-methyl/N-ethyl adjacent to an activating group) is 1. The van der Waals surface area contributed by atoms with Gasteiger partial charge in [-0.25, -0.2) is 9.78 Å². The highest BCUT2D eigenvalue weighted by Crippen LogP contribution is 2.27. The number of rotatable bonds is 8. The van der Waals surface area contributed by atoms with E-state index in [9.17, 15) is 14.7 Å². The van der Waals surface area contributed by atoms with E-state index < -0.39 is 5.97 Å². The second-order valence-electron chi connectivity index (χ2n) is 9.45. The van der Waals surface area contributed by atoms with Crippen molar-refractivity contribution in [2.45, 2.75) is 52.3 Å². The molecule has 0 aliphatic carbocycles. The van der Waals surface area contributed by atoms with E-state index in [1.54, 1.807) is 29.3 Å². The molecular formula is C28H35N3O5. The van der Waals surface area contributed by atoms with E-state index in [1.807, 2.05) is 33.0 Å². The number of pyridine rings is 1. The van der Waals surface area contributed by atoms with Gasteiger partial charge in [0.1, 0.15) is 11.7 Å². The van der Waals surface area contributed by atoms with Crippen molar-refractivity contribution in [2.75, 3.05) is 26.7 Å². The monoisotopic (exact) mass is 493 g/mol. The molecule has 2 N–H and O–H groups in total. The molecule has 1 aromatic heterocycles. The number of carboxylic acids is 1. The Balaban J connectivity index is 1.85. The molecular weight excluding hydrogens is 458 g/mol. The first-order chi connectivity index (χ1) is 17.2. The summed E-state index contributed by atoms with van der Waals surface area (Å²) in [6, 6.07) is 8.19. The van der Waals surface area contributed by atoms with E-state index >= 15 is 0 Å². The number of benzene rings is 1. The van der Waals surface area contributed by atoms with E-state index in [4.69, 9.17) is 9.84 Å². The van der Waals surface area contributed by atoms with E-state index in [0.29, 0.717) is 30.8 Å². The number of hydrogen-bond donors (Lipinski definition) is 2. The number of aromatic nitrogens is 1. The maximum absolute atomic E-state index is 13.5. The molecule has 0 fully saturated rings. The number of carbonyl (C=O) groups is 2. The first-order valence-corrected chi connectivity index (χ1v) is 12.3. The van der Waals surface area contributed by atoms with Crippen molar-refractivity contribution in [1.82, 2.24) is 14.8 Å². The molecule has 2 heterocycles. The fourth-order valence-electron chi connectivity index (χ4n) is 4.11. The van der Waals surface area contributed by atoms with Crippen LogP contribution in [0.5, 0.6) is 5.88 Å². The molecule has 0 unspecified atom stereocenters. The highest BCUT2D eigenvalue weighted by molar-refractivity contribution is 5.97. The highest BCUT2D eigenvalue weighted by Gasteiger charge is 2.34. The number of hydrogen-bond acceptors (Lipinski definition) is 6. The summed E-state index contributed by atoms with van der Waals surface area (Å²) in [7, 11) is 1.97. The van der Waals surface area contributed by atoms with Crippen LogP contribution in [0.15, 0.2) is 36.5 Å². The standard InChI is InChI=1S/C28H35N3O5/c1-5-6-7-8-22-13-24-26(29-14-22)36-25(19(2)15-31(27(24)33)20(3)18-32)17-30(4)16-21-9-11-23(12-10-21)28(34)35/h9-14,19-20,25,32H,5-6,15-18H2,1-4H3,(H,34,35)/t19-,20-,25-/m1/s1. The largest absolute Gasteiger partial charge is 0.478 e. The predicted octanol–water partition coefficient (Wildman–Crippen LogP) is 3.28. The maximum atomic E-state index is 13.5. The van der Waals surface area contributed by atoms with Crippen LogP contribution in [0.25, 0.3) is 0 Å². The van der Waals surface area contributed by atoms with Gasteiger partial charge >= 0.3 is 5.97 Å². The number of aliphatic hydroxyl groups is 1. The number of carboxylic acid groups (broad SMARTS) is 1. The zero-order chi connectivity index (χ0) is 26.2. The number of aromatic carboxylic acids is 1. The highest BCUT2D eigenvalue weighted by atomic mass is 16.5. The average Bonchev–Trinajstić information content (AvgIpc) is 2.86. The van der Waals surface area contributed by atoms with Gasteiger partial charge in [0.05, 0.1) is 18.2 Å². The van der Waals surface area contributed by atoms with Gasteiger partial charge in [-0.05, 0) is 44.2 Å². The number of fused-ring (bicyclic) bond motifs is 1. The van der Waals surface area contributed by atoms with Crippen molar-refractivity contribution in [3.05, 3.63) is 58.8 Å². The zero-order valence-corrected chi connectivity index (χ0v) is 21.4. The Kier molecular flexibility index (Phi) is 9.45. The third kappa shape index (κ3) is 6.84. The second kappa shape index (κ2) is 12.5. The summed E-state index contributed by atoms with van der Waals surface area (Å²) in [6.07, 6.45) is 3.08. The van der Waals surface area contributed by atoms with Gasteiger partial charge in [0.25, 0.3) is 5.91 Å². The van der Waals surface area contributed by atoms with Crippen LogP contribution in [0.1, 0.15) is 65.5 Å². The van der Waals surface area contributed by atoms with Crippen molar-refractivity contribution in [3.8, 4) is 17.7 Å². The van der Waals surface area contributed by atoms with Crippen LogP contribution in [0.2, 0.25) is 0 Å². The van der Waals surface area contributed by atoms with Crippen molar-refractivity contribution in [1.29, 1.82) is 0 Å². The lowest BCUT2D eigenvalue weighted by Gasteiger charge is -2.37. The normalized spacial score (nSPS) is 18.4. The van der Waals surface area contributed by atoms with Gasteiger partial charge in [0, 0.05) is 43.7 Å². The van der Waals surface area contributed by atoms with Gasteiger partial charge in [-0.2, -0.15) is 0 Å². The Bertz CT molecular complexity index is 1120. The molecule has 1 aromatic carbocycles. The van der Waals surface area contributed by atoms with Gasteiger partial charge < -0.3 is 19.8 Å². The van der Waals surface area contributed by atoms with Crippen LogP contribution >= 0.6 is 0 Å². The number of amides is 1. The summed E-state index contributed by atoms with van der Waals surface area (Å²) >= 11 is 0. The lowest BCUT2D eigenvalue weighted by molar-refractivity contribution is 0.0325. The summed E-state index contributed by atoms with van der Waals surface area (Å²) in [6.45, 7) is 7.37. The van der Waals surface area contributed by atoms with Crippen LogP contribution in [-0.2, 0) is 6.54 Å². The predicted molar refractivity (Wildman–Crippen MR) is 137 cm³/mol. The van der Waals surface area contributed by atoms with Crippen LogP contribution < -0.4 is 4.74 Å². The molecule has 0 saturated heterocycles. The minimum Gasteiger partial charge on any atom is -0.478 e. The minimum absolute atomic E-state index is 0.0289. The van der Waals surface area contributed by atoms with E-state index in [-0.39, 0.29) is 42.0 Å². The molecule has 1 aliphatic heterocycles. The molecule has 2 aromatic rings. The molecule has 3 atom stereocenters. The van der Waals surface area contributed by atoms with E-state index in [2.05, 4.69) is 28.6 Å². The Hall–Kier alpha value is -3.41. The summed E-state index contributed by atoms with van der Waals surface area (Å²) in [5, 5.41) is 18.9. The maximum Gasteiger partial charge on any atom is 0.335 e. The van der Waals surface area contributed by atoms with Gasteiger partial charge in [-0.1, -0.05) is 37.8 Å². The number of ether oxygens (including phenoxy) is 1. The number of carbonyl (C=O) groups excluding carboxylic acids is 1. The van der Waals surface area contributed by atoms with Gasteiger partial charge in [-0.15, -0.1) is 0 Å². The lowest BCUT2D eigenvalue weighted by atomic mass is 9.99. The fraction of sp³-hybridized carbons (Fsp3) is 0.464. The molecule has 1 aliphatic rings. The molecule has 36 heavy (non-hydrogen) atoms. The molecule has 0 spiro atoms. The number of aliphatic hydroxyl groups excluding tert-OH is 1. The lowest BCUT2D eigenvalue weighted by Crippen LogP contribution is -2.49. The number of nitrogens with zero attached hydrogens (tertiary/aromatic N) is 3. The van der Waals surface area contributed by atoms with E-state index in [1.165, 1.54) is 0 Å². The Labute approximate surface area is 212 Å². The molecule has 8 nitrogen and oxygen atoms in total. The smallest absolute Gasteiger partial charge is 0.335 e. The Morgan fingerprint density at radius 2 is 2.06 bits per heavy atom. The summed E-state index contributed by atoms with van der Waals surface area (Å²) in [5.74, 6) is 5.22. The second-order valence-corrected chi connectivity index (χ2v) is 9.45. The minimum atomic E-state index is -0.950. The van der Waals surface area contributed by atoms with Gasteiger partial charge in [0.2, 0.25) is 5.88 Å². The molecule has 1 amide bonds. The third-order valence-corrected chi connectivity index (χ3v) is 6.27. The molecule has 8 heteroatoms. The Morgan fingerprint density at radius 1 is 1.33 bits per heavy atom. The first kappa shape index (κ1) is 27.2. The fourth-order valence-corrected chi connectivity index (χ4v) is 4.11.